The average molecular weight is 772 g/mol. The Morgan fingerprint density at radius 2 is 1.68 bits per heavy atom. The number of esters is 1. The van der Waals surface area contributed by atoms with Gasteiger partial charge in [0.05, 0.1) is 18.1 Å². The number of amides is 1. The third kappa shape index (κ3) is 9.38. The van der Waals surface area contributed by atoms with E-state index in [0.29, 0.717) is 71.2 Å². The molecule has 16 heteroatoms. The minimum absolute atomic E-state index is 0.0466. The number of hydrogen-bond acceptors (Lipinski definition) is 9. The van der Waals surface area contributed by atoms with Gasteiger partial charge in [0.25, 0.3) is 5.91 Å². The lowest BCUT2D eigenvalue weighted by Gasteiger charge is -2.27. The summed E-state index contributed by atoms with van der Waals surface area (Å²) in [7, 11) is -2.98. The summed E-state index contributed by atoms with van der Waals surface area (Å²) >= 11 is 14.2. The number of nitrogens with zero attached hydrogens (tertiary/aromatic N) is 2. The van der Waals surface area contributed by atoms with Crippen molar-refractivity contribution in [3.63, 3.8) is 0 Å². The summed E-state index contributed by atoms with van der Waals surface area (Å²) in [5.41, 5.74) is 2.28. The largest absolute Gasteiger partial charge is 0.489 e. The van der Waals surface area contributed by atoms with Crippen molar-refractivity contribution < 1.29 is 46.0 Å². The van der Waals surface area contributed by atoms with Crippen LogP contribution < -0.4 is 14.5 Å². The molecule has 3 aromatic rings. The van der Waals surface area contributed by atoms with Gasteiger partial charge >= 0.3 is 12.6 Å². The van der Waals surface area contributed by atoms with Crippen LogP contribution in [0, 0.1) is 5.92 Å². The number of halogens is 4. The number of aromatic amines is 1. The second-order valence-corrected chi connectivity index (χ2v) is 16.8. The number of alkyl halides is 2. The fourth-order valence-corrected chi connectivity index (χ4v) is 8.67. The SMILES string of the molecule is O=C(O[C@@H](Cc1c(Cl)c[nH+]cc1Cl)c1ccc(OC(F)F)c(OCC2CC2)c1)C1SCCN1C(=O)c1ccc(CN2CCS(=O)(=O)CC2)cc1. The van der Waals surface area contributed by atoms with Crippen molar-refractivity contribution in [2.24, 2.45) is 5.92 Å². The molecule has 0 spiro atoms. The van der Waals surface area contributed by atoms with Crippen LogP contribution in [0.15, 0.2) is 54.9 Å². The summed E-state index contributed by atoms with van der Waals surface area (Å²) in [5, 5.41) is -0.327. The van der Waals surface area contributed by atoms with Gasteiger partial charge in [-0.15, -0.1) is 11.8 Å². The second-order valence-electron chi connectivity index (χ2n) is 12.4. The van der Waals surface area contributed by atoms with Crippen LogP contribution in [0.5, 0.6) is 11.5 Å². The maximum Gasteiger partial charge on any atom is 0.387 e. The van der Waals surface area contributed by atoms with Crippen LogP contribution in [-0.2, 0) is 32.3 Å². The van der Waals surface area contributed by atoms with Crippen molar-refractivity contribution in [1.29, 1.82) is 0 Å². The predicted molar refractivity (Wildman–Crippen MR) is 185 cm³/mol. The summed E-state index contributed by atoms with van der Waals surface area (Å²) in [6.07, 6.45) is 4.12. The van der Waals surface area contributed by atoms with Crippen LogP contribution in [0.2, 0.25) is 10.0 Å². The van der Waals surface area contributed by atoms with Crippen LogP contribution in [0.4, 0.5) is 8.78 Å². The Hall–Kier alpha value is -3.17. The highest BCUT2D eigenvalue weighted by Crippen LogP contribution is 2.38. The number of sulfone groups is 1. The molecule has 0 bridgehead atoms. The van der Waals surface area contributed by atoms with Crippen molar-refractivity contribution in [3.05, 3.63) is 87.2 Å². The Balaban J connectivity index is 1.19. The molecule has 268 valence electrons. The lowest BCUT2D eigenvalue weighted by atomic mass is 10.0. The number of H-pyrrole nitrogens is 1. The van der Waals surface area contributed by atoms with E-state index in [4.69, 9.17) is 37.4 Å². The molecule has 3 fully saturated rings. The van der Waals surface area contributed by atoms with E-state index in [0.717, 1.165) is 18.4 Å². The Bertz CT molecular complexity index is 1780. The number of ether oxygens (including phenoxy) is 3. The molecule has 1 saturated carbocycles. The van der Waals surface area contributed by atoms with Gasteiger partial charge in [-0.05, 0) is 54.2 Å². The van der Waals surface area contributed by atoms with Gasteiger partial charge in [-0.3, -0.25) is 9.69 Å². The molecule has 1 aliphatic carbocycles. The van der Waals surface area contributed by atoms with Gasteiger partial charge in [-0.1, -0.05) is 41.4 Å². The number of thioether (sulfide) groups is 1. The molecule has 1 N–H and O–H groups in total. The van der Waals surface area contributed by atoms with Crippen molar-refractivity contribution in [1.82, 2.24) is 9.80 Å². The van der Waals surface area contributed by atoms with Crippen LogP contribution in [-0.4, -0.2) is 85.6 Å². The normalized spacial score (nSPS) is 19.7. The summed E-state index contributed by atoms with van der Waals surface area (Å²) in [5.74, 6) is 0.0621. The highest BCUT2D eigenvalue weighted by atomic mass is 35.5. The number of carbonyl (C=O) groups excluding carboxylic acids is 2. The van der Waals surface area contributed by atoms with E-state index in [2.05, 4.69) is 9.88 Å². The molecule has 2 aromatic carbocycles. The van der Waals surface area contributed by atoms with Crippen molar-refractivity contribution in [2.45, 2.75) is 43.9 Å². The van der Waals surface area contributed by atoms with E-state index < -0.39 is 33.9 Å². The lowest BCUT2D eigenvalue weighted by molar-refractivity contribution is -0.377. The van der Waals surface area contributed by atoms with Crippen molar-refractivity contribution in [2.75, 3.05) is 43.5 Å². The highest BCUT2D eigenvalue weighted by Gasteiger charge is 2.38. The smallest absolute Gasteiger partial charge is 0.387 e. The van der Waals surface area contributed by atoms with Crippen LogP contribution in [0.25, 0.3) is 0 Å². The first-order valence-corrected chi connectivity index (χ1v) is 19.8. The molecule has 2 aliphatic heterocycles. The third-order valence-corrected chi connectivity index (χ3v) is 12.2. The first-order valence-electron chi connectivity index (χ1n) is 16.2. The summed E-state index contributed by atoms with van der Waals surface area (Å²) < 4.78 is 66.7. The quantitative estimate of drug-likeness (QED) is 0.209. The molecule has 0 radical (unpaired) electrons. The Kier molecular flexibility index (Phi) is 11.7. The molecule has 2 saturated heterocycles. The van der Waals surface area contributed by atoms with Gasteiger partial charge in [-0.25, -0.2) is 18.2 Å². The first kappa shape index (κ1) is 36.6. The van der Waals surface area contributed by atoms with E-state index in [9.17, 15) is 26.8 Å². The van der Waals surface area contributed by atoms with Gasteiger partial charge < -0.3 is 19.1 Å². The highest BCUT2D eigenvalue weighted by molar-refractivity contribution is 8.00. The van der Waals surface area contributed by atoms with E-state index in [1.807, 2.05) is 12.1 Å². The van der Waals surface area contributed by atoms with Crippen molar-refractivity contribution >= 4 is 56.7 Å². The topological polar surface area (TPSA) is 117 Å². The zero-order valence-corrected chi connectivity index (χ0v) is 30.0. The number of rotatable bonds is 13. The van der Waals surface area contributed by atoms with Gasteiger partial charge in [0.2, 0.25) is 0 Å². The molecule has 1 aromatic heterocycles. The zero-order chi connectivity index (χ0) is 35.4. The Morgan fingerprint density at radius 1 is 0.980 bits per heavy atom. The fraction of sp³-hybridized carbons (Fsp3) is 0.441. The summed E-state index contributed by atoms with van der Waals surface area (Å²) in [6.45, 7) is -0.923. The average Bonchev–Trinajstić information content (AvgIpc) is 3.79. The number of carbonyl (C=O) groups is 2. The maximum atomic E-state index is 13.9. The van der Waals surface area contributed by atoms with Crippen LogP contribution in [0.3, 0.4) is 0 Å². The van der Waals surface area contributed by atoms with Gasteiger partial charge in [0.15, 0.2) is 39.1 Å². The second kappa shape index (κ2) is 16.0. The molecule has 1 amide bonds. The summed E-state index contributed by atoms with van der Waals surface area (Å²) in [4.78, 5) is 33.9. The van der Waals surface area contributed by atoms with E-state index >= 15 is 0 Å². The number of nitrogens with one attached hydrogen (secondary N) is 1. The van der Waals surface area contributed by atoms with Crippen molar-refractivity contribution in [3.8, 4) is 11.5 Å². The number of benzene rings is 2. The molecule has 2 atom stereocenters. The molecule has 50 heavy (non-hydrogen) atoms. The lowest BCUT2D eigenvalue weighted by Crippen LogP contribution is -2.41. The monoisotopic (exact) mass is 770 g/mol. The zero-order valence-electron chi connectivity index (χ0n) is 26.9. The summed E-state index contributed by atoms with van der Waals surface area (Å²) in [6, 6.07) is 11.5. The molecule has 1 unspecified atom stereocenters. The van der Waals surface area contributed by atoms with Crippen LogP contribution >= 0.6 is 35.0 Å². The number of pyridine rings is 1. The molecular formula is C34H36Cl2F2N3O7S2+. The number of aromatic nitrogens is 1. The molecule has 3 aliphatic rings. The van der Waals surface area contributed by atoms with Gasteiger partial charge in [0.1, 0.15) is 16.1 Å². The van der Waals surface area contributed by atoms with E-state index in [1.165, 1.54) is 34.9 Å². The molecule has 10 nitrogen and oxygen atoms in total. The Labute approximate surface area is 303 Å². The van der Waals surface area contributed by atoms with E-state index in [-0.39, 0.29) is 35.3 Å². The minimum atomic E-state index is -3.06. The Morgan fingerprint density at radius 3 is 2.34 bits per heavy atom. The third-order valence-electron chi connectivity index (χ3n) is 8.77. The minimum Gasteiger partial charge on any atom is -0.489 e. The molecule has 6 rings (SSSR count). The van der Waals surface area contributed by atoms with E-state index in [1.54, 1.807) is 24.5 Å². The molecule has 3 heterocycles. The number of hydrogen-bond donors (Lipinski definition) is 0. The predicted octanol–water partition coefficient (Wildman–Crippen LogP) is 5.47. The van der Waals surface area contributed by atoms with Gasteiger partial charge in [-0.2, -0.15) is 8.78 Å². The standard InChI is InChI=1S/C34H35Cl2F2N3O7S2/c35-26-17-39-18-27(36)25(26)16-29(24-7-8-28(48-34(37)38)30(15-24)46-20-22-1-2-22)47-33(43)32-41(9-12-49-32)31(42)23-5-3-21(4-6-23)19-40-10-13-50(44,45)14-11-40/h3-8,15,17-18,22,29,32,34H,1-2,9-14,16,19-20H2/p+1/t29-,32?/m0/s1. The fourth-order valence-electron chi connectivity index (χ4n) is 5.76. The van der Waals surface area contributed by atoms with Gasteiger partial charge in [0, 0.05) is 49.5 Å². The first-order chi connectivity index (χ1) is 24.0. The maximum absolute atomic E-state index is 13.9. The van der Waals surface area contributed by atoms with Crippen LogP contribution in [0.1, 0.15) is 46.0 Å². The molecular weight excluding hydrogens is 735 g/mol.